The molecule has 0 heterocycles. The van der Waals surface area contributed by atoms with Crippen LogP contribution in [-0.2, 0) is 6.42 Å². The normalized spacial score (nSPS) is 12.9. The molecule has 1 aromatic carbocycles. The molecule has 0 saturated heterocycles. The Morgan fingerprint density at radius 2 is 2.00 bits per heavy atom. The summed E-state index contributed by atoms with van der Waals surface area (Å²) in [4.78, 5) is 0. The molecule has 2 nitrogen and oxygen atoms in total. The average molecular weight is 220 g/mol. The maximum Gasteiger partial charge on any atom is 0.118 e. The molecule has 1 N–H and O–H groups in total. The van der Waals surface area contributed by atoms with Crippen molar-refractivity contribution in [1.82, 2.24) is 0 Å². The predicted molar refractivity (Wildman–Crippen MR) is 66.8 cm³/mol. The Morgan fingerprint density at radius 1 is 1.31 bits per heavy atom. The first-order chi connectivity index (χ1) is 7.76. The minimum Gasteiger partial charge on any atom is -0.497 e. The number of unbranched alkanes of at least 4 members (excludes halogenated alkanes) is 1. The van der Waals surface area contributed by atoms with Crippen molar-refractivity contribution in [2.24, 2.45) is 0 Å². The van der Waals surface area contributed by atoms with Crippen molar-refractivity contribution in [2.75, 3.05) is 7.11 Å². The molecule has 1 unspecified atom stereocenters. The van der Waals surface area contributed by atoms with Crippen LogP contribution in [-0.4, -0.2) is 18.3 Å². The van der Waals surface area contributed by atoms with Gasteiger partial charge in [-0.25, -0.2) is 0 Å². The van der Waals surface area contributed by atoms with Gasteiger partial charge in [-0.2, -0.15) is 0 Å². The van der Waals surface area contributed by atoms with E-state index in [0.29, 0.717) is 6.42 Å². The molecule has 1 rings (SSSR count). The van der Waals surface area contributed by atoms with Gasteiger partial charge in [-0.3, -0.25) is 0 Å². The Hall–Kier alpha value is -1.28. The first-order valence-corrected chi connectivity index (χ1v) is 5.74. The third-order valence-corrected chi connectivity index (χ3v) is 2.42. The van der Waals surface area contributed by atoms with Crippen molar-refractivity contribution in [1.29, 1.82) is 0 Å². The van der Waals surface area contributed by atoms with E-state index in [1.165, 1.54) is 0 Å². The van der Waals surface area contributed by atoms with Crippen molar-refractivity contribution in [3.63, 3.8) is 0 Å². The molecule has 0 saturated carbocycles. The van der Waals surface area contributed by atoms with Crippen molar-refractivity contribution in [3.05, 3.63) is 42.0 Å². The Labute approximate surface area is 97.6 Å². The first-order valence-electron chi connectivity index (χ1n) is 5.74. The van der Waals surface area contributed by atoms with Crippen LogP contribution in [0.25, 0.3) is 0 Å². The molecular formula is C14H20O2. The van der Waals surface area contributed by atoms with Crippen LogP contribution < -0.4 is 4.74 Å². The molecule has 0 aromatic heterocycles. The molecule has 0 aliphatic rings. The summed E-state index contributed by atoms with van der Waals surface area (Å²) in [5.74, 6) is 0.847. The van der Waals surface area contributed by atoms with E-state index in [4.69, 9.17) is 4.74 Å². The third kappa shape index (κ3) is 4.49. The fraction of sp³-hybridized carbons (Fsp3) is 0.429. The maximum atomic E-state index is 9.74. The minimum absolute atomic E-state index is 0.389. The van der Waals surface area contributed by atoms with Gasteiger partial charge < -0.3 is 9.84 Å². The lowest BCUT2D eigenvalue weighted by atomic mass is 10.1. The lowest BCUT2D eigenvalue weighted by Gasteiger charge is -2.06. The number of hydrogen-bond acceptors (Lipinski definition) is 2. The van der Waals surface area contributed by atoms with E-state index in [0.717, 1.165) is 24.2 Å². The Bertz CT molecular complexity index is 314. The topological polar surface area (TPSA) is 29.5 Å². The number of rotatable bonds is 6. The number of allylic oxidation sites excluding steroid dienone is 1. The fourth-order valence-corrected chi connectivity index (χ4v) is 1.49. The van der Waals surface area contributed by atoms with Crippen LogP contribution in [0.15, 0.2) is 36.4 Å². The van der Waals surface area contributed by atoms with E-state index in [9.17, 15) is 5.11 Å². The van der Waals surface area contributed by atoms with E-state index in [1.807, 2.05) is 36.4 Å². The number of aliphatic hydroxyl groups excluding tert-OH is 1. The summed E-state index contributed by atoms with van der Waals surface area (Å²) in [6.07, 6.45) is 6.32. The van der Waals surface area contributed by atoms with Crippen LogP contribution in [0.3, 0.4) is 0 Å². The standard InChI is InChI=1S/C14H20O2/c1-3-4-5-6-13(15)11-12-7-9-14(16-2)10-8-12/h5-10,13,15H,3-4,11H2,1-2H3. The molecule has 0 spiro atoms. The van der Waals surface area contributed by atoms with Gasteiger partial charge in [0.2, 0.25) is 0 Å². The first kappa shape index (κ1) is 12.8. The van der Waals surface area contributed by atoms with Crippen molar-refractivity contribution < 1.29 is 9.84 Å². The van der Waals surface area contributed by atoms with Gasteiger partial charge in [0.05, 0.1) is 13.2 Å². The molecular weight excluding hydrogens is 200 g/mol. The van der Waals surface area contributed by atoms with Gasteiger partial charge >= 0.3 is 0 Å². The lowest BCUT2D eigenvalue weighted by molar-refractivity contribution is 0.223. The minimum atomic E-state index is -0.389. The Balaban J connectivity index is 2.46. The van der Waals surface area contributed by atoms with Gasteiger partial charge in [0.25, 0.3) is 0 Å². The number of methoxy groups -OCH3 is 1. The quantitative estimate of drug-likeness (QED) is 0.747. The van der Waals surface area contributed by atoms with Gasteiger partial charge in [0.15, 0.2) is 0 Å². The van der Waals surface area contributed by atoms with Crippen molar-refractivity contribution in [2.45, 2.75) is 32.3 Å². The second kappa shape index (κ2) is 7.07. The van der Waals surface area contributed by atoms with Crippen LogP contribution in [0.2, 0.25) is 0 Å². The molecule has 1 atom stereocenters. The van der Waals surface area contributed by atoms with E-state index >= 15 is 0 Å². The highest BCUT2D eigenvalue weighted by Gasteiger charge is 2.01. The summed E-state index contributed by atoms with van der Waals surface area (Å²) in [7, 11) is 1.65. The smallest absolute Gasteiger partial charge is 0.118 e. The van der Waals surface area contributed by atoms with Crippen LogP contribution in [0.1, 0.15) is 25.3 Å². The predicted octanol–water partition coefficient (Wildman–Crippen LogP) is 2.95. The number of benzene rings is 1. The summed E-state index contributed by atoms with van der Waals surface area (Å²) < 4.78 is 5.08. The largest absolute Gasteiger partial charge is 0.497 e. The van der Waals surface area contributed by atoms with Crippen LogP contribution in [0.5, 0.6) is 5.75 Å². The summed E-state index contributed by atoms with van der Waals surface area (Å²) in [5.41, 5.74) is 1.12. The number of hydrogen-bond donors (Lipinski definition) is 1. The average Bonchev–Trinajstić information content (AvgIpc) is 2.30. The molecule has 16 heavy (non-hydrogen) atoms. The summed E-state index contributed by atoms with van der Waals surface area (Å²) in [6, 6.07) is 7.79. The van der Waals surface area contributed by atoms with Gasteiger partial charge in [-0.1, -0.05) is 37.6 Å². The SMILES string of the molecule is CCCC=CC(O)Cc1ccc(OC)cc1. The number of ether oxygens (including phenoxy) is 1. The zero-order valence-electron chi connectivity index (χ0n) is 10.0. The van der Waals surface area contributed by atoms with Gasteiger partial charge in [-0.15, -0.1) is 0 Å². The molecule has 0 aliphatic carbocycles. The summed E-state index contributed by atoms with van der Waals surface area (Å²) >= 11 is 0. The maximum absolute atomic E-state index is 9.74. The molecule has 0 amide bonds. The summed E-state index contributed by atoms with van der Waals surface area (Å²) in [6.45, 7) is 2.13. The zero-order chi connectivity index (χ0) is 11.8. The molecule has 1 aromatic rings. The highest BCUT2D eigenvalue weighted by molar-refractivity contribution is 5.27. The van der Waals surface area contributed by atoms with Crippen molar-refractivity contribution in [3.8, 4) is 5.75 Å². The molecule has 0 aliphatic heterocycles. The third-order valence-electron chi connectivity index (χ3n) is 2.42. The van der Waals surface area contributed by atoms with Gasteiger partial charge in [-0.05, 0) is 24.1 Å². The zero-order valence-corrected chi connectivity index (χ0v) is 10.0. The second-order valence-electron chi connectivity index (χ2n) is 3.84. The van der Waals surface area contributed by atoms with Crippen LogP contribution in [0, 0.1) is 0 Å². The second-order valence-corrected chi connectivity index (χ2v) is 3.84. The van der Waals surface area contributed by atoms with Gasteiger partial charge in [0.1, 0.15) is 5.75 Å². The highest BCUT2D eigenvalue weighted by Crippen LogP contribution is 2.13. The van der Waals surface area contributed by atoms with Gasteiger partial charge in [0, 0.05) is 6.42 Å². The van der Waals surface area contributed by atoms with E-state index in [-0.39, 0.29) is 6.10 Å². The van der Waals surface area contributed by atoms with E-state index < -0.39 is 0 Å². The van der Waals surface area contributed by atoms with Crippen LogP contribution >= 0.6 is 0 Å². The summed E-state index contributed by atoms with van der Waals surface area (Å²) in [5, 5.41) is 9.74. The number of aliphatic hydroxyl groups is 1. The lowest BCUT2D eigenvalue weighted by Crippen LogP contribution is -2.06. The molecule has 0 fully saturated rings. The highest BCUT2D eigenvalue weighted by atomic mass is 16.5. The Morgan fingerprint density at radius 3 is 2.56 bits per heavy atom. The van der Waals surface area contributed by atoms with Crippen molar-refractivity contribution >= 4 is 0 Å². The molecule has 0 radical (unpaired) electrons. The van der Waals surface area contributed by atoms with E-state index in [1.54, 1.807) is 7.11 Å². The molecule has 88 valence electrons. The fourth-order valence-electron chi connectivity index (χ4n) is 1.49. The Kier molecular flexibility index (Phi) is 5.65. The molecule has 2 heteroatoms. The van der Waals surface area contributed by atoms with Crippen LogP contribution in [0.4, 0.5) is 0 Å². The monoisotopic (exact) mass is 220 g/mol. The van der Waals surface area contributed by atoms with E-state index in [2.05, 4.69) is 6.92 Å². The molecule has 0 bridgehead atoms.